The maximum Gasteiger partial charge on any atom is 0.142 e. The topological polar surface area (TPSA) is 97.0 Å². The molecule has 0 radical (unpaired) electrons. The minimum Gasteiger partial charge on any atom is -0.760 e. The van der Waals surface area contributed by atoms with Crippen molar-refractivity contribution in [3.05, 3.63) is 18.6 Å². The highest BCUT2D eigenvalue weighted by molar-refractivity contribution is 7.77. The Hall–Kier alpha value is -1.51. The average Bonchev–Trinajstić information content (AvgIpc) is 2.80. The molecule has 8 heteroatoms. The molecule has 1 aliphatic carbocycles. The zero-order valence-electron chi connectivity index (χ0n) is 10.4. The van der Waals surface area contributed by atoms with Crippen LogP contribution in [0.25, 0.3) is 11.0 Å². The minimum atomic E-state index is -2.18. The van der Waals surface area contributed by atoms with Crippen molar-refractivity contribution in [3.8, 4) is 0 Å². The van der Waals surface area contributed by atoms with Gasteiger partial charge in [-0.1, -0.05) is 0 Å². The van der Waals surface area contributed by atoms with Crippen molar-refractivity contribution < 1.29 is 8.76 Å². The molecule has 0 spiro atoms. The first kappa shape index (κ1) is 12.5. The van der Waals surface area contributed by atoms with E-state index < -0.39 is 11.3 Å². The summed E-state index contributed by atoms with van der Waals surface area (Å²) in [6.07, 6.45) is 4.95. The van der Waals surface area contributed by atoms with Crippen molar-refractivity contribution in [1.82, 2.24) is 19.7 Å². The minimum absolute atomic E-state index is 0.0364. The fourth-order valence-corrected chi connectivity index (χ4v) is 2.91. The van der Waals surface area contributed by atoms with Crippen LogP contribution in [-0.4, -0.2) is 42.8 Å². The lowest BCUT2D eigenvalue weighted by molar-refractivity contribution is 0.313. The summed E-state index contributed by atoms with van der Waals surface area (Å²) in [5.41, 5.74) is 0.812. The van der Waals surface area contributed by atoms with Gasteiger partial charge in [-0.2, -0.15) is 0 Å². The molecule has 102 valence electrons. The lowest BCUT2D eigenvalue weighted by Gasteiger charge is -2.42. The molecule has 0 bridgehead atoms. The molecule has 2 aromatic rings. The molecular weight excluding hydrogens is 266 g/mol. The van der Waals surface area contributed by atoms with E-state index in [1.54, 1.807) is 0 Å². The van der Waals surface area contributed by atoms with Gasteiger partial charge in [-0.25, -0.2) is 14.7 Å². The number of fused-ring (bicyclic) bond motifs is 1. The smallest absolute Gasteiger partial charge is 0.142 e. The second-order valence-electron chi connectivity index (χ2n) is 4.72. The fraction of sp³-hybridized carbons (Fsp3) is 0.455. The lowest BCUT2D eigenvalue weighted by Crippen LogP contribution is -2.52. The van der Waals surface area contributed by atoms with Crippen LogP contribution in [0.3, 0.4) is 0 Å². The van der Waals surface area contributed by atoms with Gasteiger partial charge in [0, 0.05) is 36.6 Å². The van der Waals surface area contributed by atoms with Crippen LogP contribution in [0.15, 0.2) is 18.6 Å². The van der Waals surface area contributed by atoms with Gasteiger partial charge in [0.1, 0.15) is 17.8 Å². The quantitative estimate of drug-likeness (QED) is 0.786. The number of aromatic nitrogens is 3. The van der Waals surface area contributed by atoms with E-state index in [0.717, 1.165) is 29.7 Å². The largest absolute Gasteiger partial charge is 0.760 e. The summed E-state index contributed by atoms with van der Waals surface area (Å²) in [7, 11) is 1.98. The predicted molar refractivity (Wildman–Crippen MR) is 71.2 cm³/mol. The third-order valence-electron chi connectivity index (χ3n) is 3.59. The van der Waals surface area contributed by atoms with Crippen molar-refractivity contribution in [1.29, 1.82) is 0 Å². The summed E-state index contributed by atoms with van der Waals surface area (Å²) in [5, 5.41) is 0.980. The number of hydrogen-bond donors (Lipinski definition) is 2. The van der Waals surface area contributed by atoms with Gasteiger partial charge in [0.25, 0.3) is 0 Å². The SMILES string of the molecule is CN(c1ncnc2[nH]ccc12)C1CC(NS(=O)[O-])C1. The number of anilines is 1. The van der Waals surface area contributed by atoms with Gasteiger partial charge in [-0.15, -0.1) is 0 Å². The Kier molecular flexibility index (Phi) is 3.21. The number of nitrogens with one attached hydrogen (secondary N) is 2. The van der Waals surface area contributed by atoms with Crippen LogP contribution in [-0.2, 0) is 11.3 Å². The molecule has 0 aromatic carbocycles. The Morgan fingerprint density at radius 3 is 3.05 bits per heavy atom. The highest BCUT2D eigenvalue weighted by atomic mass is 32.2. The molecule has 7 nitrogen and oxygen atoms in total. The van der Waals surface area contributed by atoms with Crippen molar-refractivity contribution in [2.24, 2.45) is 0 Å². The molecule has 0 amide bonds. The summed E-state index contributed by atoms with van der Waals surface area (Å²) in [5.74, 6) is 0.873. The van der Waals surface area contributed by atoms with Gasteiger partial charge >= 0.3 is 0 Å². The maximum absolute atomic E-state index is 10.5. The van der Waals surface area contributed by atoms with Crippen molar-refractivity contribution >= 4 is 28.1 Å². The van der Waals surface area contributed by atoms with Crippen molar-refractivity contribution in [3.63, 3.8) is 0 Å². The number of rotatable bonds is 4. The van der Waals surface area contributed by atoms with Gasteiger partial charge in [-0.05, 0) is 18.9 Å². The van der Waals surface area contributed by atoms with Crippen LogP contribution >= 0.6 is 0 Å². The van der Waals surface area contributed by atoms with E-state index in [-0.39, 0.29) is 6.04 Å². The number of aromatic amines is 1. The van der Waals surface area contributed by atoms with Crippen LogP contribution in [0.1, 0.15) is 12.8 Å². The maximum atomic E-state index is 10.5. The molecule has 3 rings (SSSR count). The molecule has 2 heterocycles. The van der Waals surface area contributed by atoms with Crippen LogP contribution in [0.5, 0.6) is 0 Å². The molecule has 0 saturated heterocycles. The van der Waals surface area contributed by atoms with Crippen molar-refractivity contribution in [2.75, 3.05) is 11.9 Å². The average molecular weight is 280 g/mol. The number of hydrogen-bond acceptors (Lipinski definition) is 5. The summed E-state index contributed by atoms with van der Waals surface area (Å²) in [6.45, 7) is 0. The monoisotopic (exact) mass is 280 g/mol. The Bertz CT molecular complexity index is 610. The molecule has 1 unspecified atom stereocenters. The van der Waals surface area contributed by atoms with E-state index in [2.05, 4.69) is 24.6 Å². The molecular formula is C11H14N5O2S-. The van der Waals surface area contributed by atoms with Crippen LogP contribution in [0.2, 0.25) is 0 Å². The second kappa shape index (κ2) is 4.87. The zero-order valence-corrected chi connectivity index (χ0v) is 11.2. The van der Waals surface area contributed by atoms with E-state index >= 15 is 0 Å². The first-order valence-corrected chi connectivity index (χ1v) is 7.09. The van der Waals surface area contributed by atoms with Gasteiger partial charge in [0.05, 0.1) is 5.39 Å². The van der Waals surface area contributed by atoms with E-state index in [4.69, 9.17) is 0 Å². The summed E-state index contributed by atoms with van der Waals surface area (Å²) >= 11 is -2.18. The highest BCUT2D eigenvalue weighted by Gasteiger charge is 2.33. The van der Waals surface area contributed by atoms with E-state index in [0.29, 0.717) is 6.04 Å². The van der Waals surface area contributed by atoms with Gasteiger partial charge in [0.15, 0.2) is 0 Å². The molecule has 2 N–H and O–H groups in total. The fourth-order valence-electron chi connectivity index (χ4n) is 2.45. The first-order valence-electron chi connectivity index (χ1n) is 6.01. The summed E-state index contributed by atoms with van der Waals surface area (Å²) < 4.78 is 23.6. The predicted octanol–water partition coefficient (Wildman–Crippen LogP) is 0.309. The summed E-state index contributed by atoms with van der Waals surface area (Å²) in [6, 6.07) is 2.28. The zero-order chi connectivity index (χ0) is 13.4. The van der Waals surface area contributed by atoms with E-state index in [1.807, 2.05) is 19.3 Å². The second-order valence-corrected chi connectivity index (χ2v) is 5.43. The van der Waals surface area contributed by atoms with E-state index in [9.17, 15) is 8.76 Å². The van der Waals surface area contributed by atoms with Crippen LogP contribution < -0.4 is 9.62 Å². The lowest BCUT2D eigenvalue weighted by atomic mass is 9.86. The third-order valence-corrected chi connectivity index (χ3v) is 4.12. The third kappa shape index (κ3) is 2.34. The van der Waals surface area contributed by atoms with Gasteiger partial charge < -0.3 is 14.4 Å². The molecule has 0 aliphatic heterocycles. The van der Waals surface area contributed by atoms with Gasteiger partial charge in [-0.3, -0.25) is 4.21 Å². The molecule has 19 heavy (non-hydrogen) atoms. The molecule has 2 aromatic heterocycles. The standard InChI is InChI=1S/C11H15N5O2S/c1-16(8-4-7(5-8)15-19(17)18)11-9-2-3-12-10(9)13-6-14-11/h2-3,6-8,15H,4-5H2,1H3,(H,17,18)(H,12,13,14)/p-1. The number of nitrogens with zero attached hydrogens (tertiary/aromatic N) is 3. The molecule has 1 atom stereocenters. The first-order chi connectivity index (χ1) is 9.15. The Morgan fingerprint density at radius 2 is 2.32 bits per heavy atom. The number of H-pyrrole nitrogens is 1. The summed E-state index contributed by atoms with van der Waals surface area (Å²) in [4.78, 5) is 13.6. The molecule has 1 saturated carbocycles. The van der Waals surface area contributed by atoms with Crippen molar-refractivity contribution in [2.45, 2.75) is 24.9 Å². The van der Waals surface area contributed by atoms with Gasteiger partial charge in [0.2, 0.25) is 0 Å². The van der Waals surface area contributed by atoms with Crippen LogP contribution in [0, 0.1) is 0 Å². The Labute approximate surface area is 112 Å². The molecule has 1 fully saturated rings. The van der Waals surface area contributed by atoms with Crippen LogP contribution in [0.4, 0.5) is 5.82 Å². The Morgan fingerprint density at radius 1 is 1.53 bits per heavy atom. The normalized spacial score (nSPS) is 24.1. The Balaban J connectivity index is 1.73. The van der Waals surface area contributed by atoms with E-state index in [1.165, 1.54) is 6.33 Å². The highest BCUT2D eigenvalue weighted by Crippen LogP contribution is 2.30. The molecule has 1 aliphatic rings.